The van der Waals surface area contributed by atoms with Crippen molar-refractivity contribution in [3.8, 4) is 5.75 Å². The number of carbonyl (C=O) groups excluding carboxylic acids is 1. The second-order valence-corrected chi connectivity index (χ2v) is 7.64. The fourth-order valence-electron chi connectivity index (χ4n) is 2.49. The largest absolute Gasteiger partial charge is 0.482 e. The van der Waals surface area contributed by atoms with Crippen molar-refractivity contribution in [1.29, 1.82) is 0 Å². The second-order valence-electron chi connectivity index (χ2n) is 5.28. The standard InChI is InChI=1S/C17H14Cl3NO2S/c18-11-7-13(20)15(8-12(11)19)23-9-17(22)21-14-5-6-24-16-4-2-1-3-10(14)16/h1-4,7-8,14H,5-6,9H2,(H,21,22)/t14-/m0/s1. The zero-order valence-corrected chi connectivity index (χ0v) is 15.6. The van der Waals surface area contributed by atoms with Gasteiger partial charge < -0.3 is 10.1 Å². The van der Waals surface area contributed by atoms with Gasteiger partial charge in [-0.15, -0.1) is 11.8 Å². The molecule has 1 atom stereocenters. The smallest absolute Gasteiger partial charge is 0.258 e. The summed E-state index contributed by atoms with van der Waals surface area (Å²) in [5.74, 6) is 1.10. The number of hydrogen-bond donors (Lipinski definition) is 1. The molecule has 2 aromatic rings. The summed E-state index contributed by atoms with van der Waals surface area (Å²) in [5.41, 5.74) is 1.15. The third kappa shape index (κ3) is 4.12. The molecule has 1 amide bonds. The van der Waals surface area contributed by atoms with Crippen molar-refractivity contribution in [2.45, 2.75) is 17.4 Å². The van der Waals surface area contributed by atoms with E-state index in [1.54, 1.807) is 0 Å². The monoisotopic (exact) mass is 401 g/mol. The lowest BCUT2D eigenvalue weighted by Gasteiger charge is -2.25. The van der Waals surface area contributed by atoms with Gasteiger partial charge in [0.1, 0.15) is 5.75 Å². The fraction of sp³-hybridized carbons (Fsp3) is 0.235. The van der Waals surface area contributed by atoms with Gasteiger partial charge in [0.15, 0.2) is 6.61 Å². The number of halogens is 3. The Morgan fingerprint density at radius 2 is 1.92 bits per heavy atom. The number of nitrogens with one attached hydrogen (secondary N) is 1. The van der Waals surface area contributed by atoms with Gasteiger partial charge in [0.25, 0.3) is 5.91 Å². The first kappa shape index (κ1) is 17.7. The summed E-state index contributed by atoms with van der Waals surface area (Å²) in [4.78, 5) is 13.4. The van der Waals surface area contributed by atoms with Crippen LogP contribution in [0, 0.1) is 0 Å². The number of carbonyl (C=O) groups is 1. The van der Waals surface area contributed by atoms with E-state index in [9.17, 15) is 4.79 Å². The van der Waals surface area contributed by atoms with E-state index in [1.807, 2.05) is 30.0 Å². The summed E-state index contributed by atoms with van der Waals surface area (Å²) in [6, 6.07) is 11.1. The predicted molar refractivity (Wildman–Crippen MR) is 99.6 cm³/mol. The van der Waals surface area contributed by atoms with Gasteiger partial charge in [0, 0.05) is 16.7 Å². The molecule has 0 fully saturated rings. The average molecular weight is 403 g/mol. The minimum Gasteiger partial charge on any atom is -0.482 e. The highest BCUT2D eigenvalue weighted by molar-refractivity contribution is 7.99. The lowest BCUT2D eigenvalue weighted by atomic mass is 10.0. The van der Waals surface area contributed by atoms with Gasteiger partial charge in [-0.25, -0.2) is 0 Å². The summed E-state index contributed by atoms with van der Waals surface area (Å²) in [7, 11) is 0. The van der Waals surface area contributed by atoms with Crippen LogP contribution in [0.15, 0.2) is 41.3 Å². The van der Waals surface area contributed by atoms with Gasteiger partial charge in [-0.05, 0) is 24.1 Å². The molecule has 0 aromatic heterocycles. The predicted octanol–water partition coefficient (Wildman–Crippen LogP) is 5.38. The number of thioether (sulfide) groups is 1. The van der Waals surface area contributed by atoms with E-state index in [0.29, 0.717) is 20.8 Å². The number of benzene rings is 2. The van der Waals surface area contributed by atoms with Crippen LogP contribution in [-0.4, -0.2) is 18.3 Å². The zero-order chi connectivity index (χ0) is 17.1. The third-order valence-electron chi connectivity index (χ3n) is 3.63. The minimum atomic E-state index is -0.205. The molecule has 0 saturated heterocycles. The lowest BCUT2D eigenvalue weighted by molar-refractivity contribution is -0.123. The Morgan fingerprint density at radius 1 is 1.17 bits per heavy atom. The molecule has 1 aliphatic rings. The molecule has 3 nitrogen and oxygen atoms in total. The van der Waals surface area contributed by atoms with E-state index < -0.39 is 0 Å². The first-order valence-electron chi connectivity index (χ1n) is 7.33. The van der Waals surface area contributed by atoms with Crippen molar-refractivity contribution >= 4 is 52.5 Å². The number of fused-ring (bicyclic) bond motifs is 1. The maximum Gasteiger partial charge on any atom is 0.258 e. The molecule has 7 heteroatoms. The molecule has 24 heavy (non-hydrogen) atoms. The fourth-order valence-corrected chi connectivity index (χ4v) is 4.20. The summed E-state index contributed by atoms with van der Waals surface area (Å²) < 4.78 is 5.47. The summed E-state index contributed by atoms with van der Waals surface area (Å²) in [5, 5.41) is 4.00. The topological polar surface area (TPSA) is 38.3 Å². The number of rotatable bonds is 4. The molecule has 0 bridgehead atoms. The molecular formula is C17H14Cl3NO2S. The highest BCUT2D eigenvalue weighted by atomic mass is 35.5. The van der Waals surface area contributed by atoms with Crippen molar-refractivity contribution in [1.82, 2.24) is 5.32 Å². The van der Waals surface area contributed by atoms with Gasteiger partial charge in [0.05, 0.1) is 21.1 Å². The first-order valence-corrected chi connectivity index (χ1v) is 9.45. The van der Waals surface area contributed by atoms with Crippen LogP contribution in [-0.2, 0) is 4.79 Å². The Morgan fingerprint density at radius 3 is 2.75 bits per heavy atom. The quantitative estimate of drug-likeness (QED) is 0.698. The molecule has 126 valence electrons. The lowest BCUT2D eigenvalue weighted by Crippen LogP contribution is -2.34. The van der Waals surface area contributed by atoms with Gasteiger partial charge in [-0.1, -0.05) is 53.0 Å². The Hall–Kier alpha value is -1.07. The Bertz CT molecular complexity index is 769. The van der Waals surface area contributed by atoms with Crippen molar-refractivity contribution < 1.29 is 9.53 Å². The maximum atomic E-state index is 12.2. The van der Waals surface area contributed by atoms with Crippen LogP contribution >= 0.6 is 46.6 Å². The molecule has 1 heterocycles. The van der Waals surface area contributed by atoms with E-state index in [0.717, 1.165) is 17.7 Å². The van der Waals surface area contributed by atoms with Crippen LogP contribution in [0.2, 0.25) is 15.1 Å². The van der Waals surface area contributed by atoms with Crippen LogP contribution in [0.25, 0.3) is 0 Å². The van der Waals surface area contributed by atoms with Gasteiger partial charge in [0.2, 0.25) is 0 Å². The molecule has 0 spiro atoms. The molecule has 2 aromatic carbocycles. The Kier molecular flexibility index (Phi) is 5.82. The summed E-state index contributed by atoms with van der Waals surface area (Å²) in [6.07, 6.45) is 0.890. The number of amides is 1. The van der Waals surface area contributed by atoms with Gasteiger partial charge >= 0.3 is 0 Å². The van der Waals surface area contributed by atoms with Crippen LogP contribution in [0.3, 0.4) is 0 Å². The molecule has 0 aliphatic carbocycles. The SMILES string of the molecule is O=C(COc1cc(Cl)c(Cl)cc1Cl)N[C@H]1CCSc2ccccc21. The van der Waals surface area contributed by atoms with Crippen LogP contribution in [0.4, 0.5) is 0 Å². The minimum absolute atomic E-state index is 0.00262. The number of ether oxygens (including phenoxy) is 1. The van der Waals surface area contributed by atoms with E-state index in [1.165, 1.54) is 17.0 Å². The normalized spacial score (nSPS) is 16.4. The zero-order valence-electron chi connectivity index (χ0n) is 12.5. The first-order chi connectivity index (χ1) is 11.5. The highest BCUT2D eigenvalue weighted by Crippen LogP contribution is 2.36. The summed E-state index contributed by atoms with van der Waals surface area (Å²) >= 11 is 19.7. The van der Waals surface area contributed by atoms with Crippen LogP contribution in [0.1, 0.15) is 18.0 Å². The van der Waals surface area contributed by atoms with Crippen molar-refractivity contribution in [2.75, 3.05) is 12.4 Å². The van der Waals surface area contributed by atoms with Gasteiger partial charge in [-0.3, -0.25) is 4.79 Å². The van der Waals surface area contributed by atoms with E-state index in [2.05, 4.69) is 11.4 Å². The van der Waals surface area contributed by atoms with Crippen molar-refractivity contribution in [3.63, 3.8) is 0 Å². The second kappa shape index (κ2) is 7.87. The van der Waals surface area contributed by atoms with E-state index >= 15 is 0 Å². The highest BCUT2D eigenvalue weighted by Gasteiger charge is 2.22. The van der Waals surface area contributed by atoms with Gasteiger partial charge in [-0.2, -0.15) is 0 Å². The molecule has 1 aliphatic heterocycles. The Balaban J connectivity index is 1.62. The van der Waals surface area contributed by atoms with E-state index in [4.69, 9.17) is 39.5 Å². The molecule has 1 N–H and O–H groups in total. The Labute approximate surface area is 159 Å². The molecule has 0 radical (unpaired) electrons. The van der Waals surface area contributed by atoms with Crippen molar-refractivity contribution in [2.24, 2.45) is 0 Å². The van der Waals surface area contributed by atoms with Crippen molar-refractivity contribution in [3.05, 3.63) is 57.0 Å². The van der Waals surface area contributed by atoms with Crippen LogP contribution in [0.5, 0.6) is 5.75 Å². The summed E-state index contributed by atoms with van der Waals surface area (Å²) in [6.45, 7) is -0.135. The molecule has 0 unspecified atom stereocenters. The maximum absolute atomic E-state index is 12.2. The molecular weight excluding hydrogens is 389 g/mol. The molecule has 3 rings (SSSR count). The molecule has 0 saturated carbocycles. The van der Waals surface area contributed by atoms with E-state index in [-0.39, 0.29) is 18.6 Å². The average Bonchev–Trinajstić information content (AvgIpc) is 2.57. The van der Waals surface area contributed by atoms with Crippen LogP contribution < -0.4 is 10.1 Å². The third-order valence-corrected chi connectivity index (χ3v) is 5.77. The number of hydrogen-bond acceptors (Lipinski definition) is 3.